The molecule has 3 atom stereocenters. The fourth-order valence-corrected chi connectivity index (χ4v) is 4.30. The van der Waals surface area contributed by atoms with Gasteiger partial charge in [-0.15, -0.1) is 0 Å². The molecule has 0 aliphatic carbocycles. The summed E-state index contributed by atoms with van der Waals surface area (Å²) in [7, 11) is -0.106. The Morgan fingerprint density at radius 3 is 2.74 bits per heavy atom. The number of likely N-dealkylation sites (tertiary alicyclic amines) is 1. The van der Waals surface area contributed by atoms with E-state index in [1.807, 2.05) is 0 Å². The maximum atomic E-state index is 13.2. The smallest absolute Gasteiger partial charge is 0.254 e. The zero-order valence-corrected chi connectivity index (χ0v) is 16.5. The van der Waals surface area contributed by atoms with E-state index in [2.05, 4.69) is 4.72 Å². The third-order valence-corrected chi connectivity index (χ3v) is 6.35. The van der Waals surface area contributed by atoms with Crippen LogP contribution in [0.25, 0.3) is 0 Å². The summed E-state index contributed by atoms with van der Waals surface area (Å²) in [5, 5.41) is 0. The summed E-state index contributed by atoms with van der Waals surface area (Å²) in [5.41, 5.74) is 0.673. The quantitative estimate of drug-likeness (QED) is 0.799. The van der Waals surface area contributed by atoms with Gasteiger partial charge in [0.25, 0.3) is 5.91 Å². The number of hydrogen-bond acceptors (Lipinski definition) is 5. The number of nitrogens with one attached hydrogen (secondary N) is 1. The molecule has 3 rings (SSSR count). The van der Waals surface area contributed by atoms with Gasteiger partial charge in [-0.05, 0) is 31.5 Å². The van der Waals surface area contributed by atoms with Gasteiger partial charge in [-0.3, -0.25) is 14.3 Å². The summed E-state index contributed by atoms with van der Waals surface area (Å²) in [6, 6.07) is 5.66. The van der Waals surface area contributed by atoms with Gasteiger partial charge in [-0.25, -0.2) is 8.42 Å². The van der Waals surface area contributed by atoms with Crippen molar-refractivity contribution in [3.63, 3.8) is 0 Å². The van der Waals surface area contributed by atoms with Crippen LogP contribution in [0.1, 0.15) is 30.1 Å². The summed E-state index contributed by atoms with van der Waals surface area (Å²) in [5.74, 6) is -0.479. The Morgan fingerprint density at radius 2 is 2.07 bits per heavy atom. The number of nitrogens with zero attached hydrogens (tertiary/aromatic N) is 2. The molecule has 27 heavy (non-hydrogen) atoms. The Labute approximate surface area is 159 Å². The summed E-state index contributed by atoms with van der Waals surface area (Å²) < 4.78 is 31.8. The highest BCUT2D eigenvalue weighted by atomic mass is 32.2. The van der Waals surface area contributed by atoms with Crippen molar-refractivity contribution in [3.8, 4) is 0 Å². The molecule has 1 aromatic rings. The van der Waals surface area contributed by atoms with Crippen molar-refractivity contribution in [2.24, 2.45) is 0 Å². The minimum absolute atomic E-state index is 0.0577. The van der Waals surface area contributed by atoms with E-state index in [9.17, 15) is 18.0 Å². The van der Waals surface area contributed by atoms with Crippen molar-refractivity contribution in [2.75, 3.05) is 31.2 Å². The molecule has 2 amide bonds. The lowest BCUT2D eigenvalue weighted by Crippen LogP contribution is -2.48. The number of carbonyl (C=O) groups is 2. The van der Waals surface area contributed by atoms with E-state index in [0.717, 1.165) is 0 Å². The van der Waals surface area contributed by atoms with E-state index in [-0.39, 0.29) is 29.7 Å². The topological polar surface area (TPSA) is 96.0 Å². The number of ether oxygens (including phenoxy) is 1. The van der Waals surface area contributed by atoms with Gasteiger partial charge in [0, 0.05) is 38.4 Å². The summed E-state index contributed by atoms with van der Waals surface area (Å²) >= 11 is 0. The largest absolute Gasteiger partial charge is 0.376 e. The monoisotopic (exact) mass is 395 g/mol. The fourth-order valence-electron chi connectivity index (χ4n) is 3.67. The van der Waals surface area contributed by atoms with Gasteiger partial charge in [-0.2, -0.15) is 0 Å². The summed E-state index contributed by atoms with van der Waals surface area (Å²) in [4.78, 5) is 28.9. The lowest BCUT2D eigenvalue weighted by atomic mass is 10.1. The maximum absolute atomic E-state index is 13.2. The highest BCUT2D eigenvalue weighted by Gasteiger charge is 2.50. The molecule has 0 radical (unpaired) electrons. The normalized spacial score (nSPS) is 24.6. The predicted octanol–water partition coefficient (Wildman–Crippen LogP) is 0.908. The zero-order chi connectivity index (χ0) is 19.8. The van der Waals surface area contributed by atoms with E-state index >= 15 is 0 Å². The molecule has 2 heterocycles. The van der Waals surface area contributed by atoms with Crippen LogP contribution in [0, 0.1) is 0 Å². The van der Waals surface area contributed by atoms with Crippen molar-refractivity contribution in [3.05, 3.63) is 29.8 Å². The van der Waals surface area contributed by atoms with E-state index in [0.29, 0.717) is 30.7 Å². The number of hydrogen-bond donors (Lipinski definition) is 1. The summed E-state index contributed by atoms with van der Waals surface area (Å²) in [6.45, 7) is 2.11. The minimum atomic E-state index is -3.44. The lowest BCUT2D eigenvalue weighted by molar-refractivity contribution is -0.133. The van der Waals surface area contributed by atoms with Crippen molar-refractivity contribution in [2.45, 2.75) is 38.0 Å². The second-order valence-corrected chi connectivity index (χ2v) is 9.06. The lowest BCUT2D eigenvalue weighted by Gasteiger charge is -2.30. The molecule has 1 aromatic carbocycles. The van der Waals surface area contributed by atoms with Crippen LogP contribution in [0.3, 0.4) is 0 Å². The molecule has 2 fully saturated rings. The van der Waals surface area contributed by atoms with Gasteiger partial charge in [0.2, 0.25) is 15.9 Å². The standard InChI is InChI=1S/C18H25N3O5S/c1-4-27(24,25)19-13-7-5-6-12(10-13)17(22)21-14-8-9-26-16(14)11-15(21)18(23)20(2)3/h5-7,10,14-16,19H,4,8-9,11H2,1-3H3/t14-,15?,16-/m0/s1. The van der Waals surface area contributed by atoms with Crippen LogP contribution in [0.5, 0.6) is 0 Å². The number of rotatable bonds is 5. The average molecular weight is 395 g/mol. The minimum Gasteiger partial charge on any atom is -0.376 e. The number of amides is 2. The Balaban J connectivity index is 1.89. The number of anilines is 1. The molecular formula is C18H25N3O5S. The Kier molecular flexibility index (Phi) is 5.43. The van der Waals surface area contributed by atoms with Gasteiger partial charge in [-0.1, -0.05) is 6.07 Å². The third-order valence-electron chi connectivity index (χ3n) is 5.05. The first-order valence-corrected chi connectivity index (χ1v) is 10.6. The van der Waals surface area contributed by atoms with Gasteiger partial charge in [0.15, 0.2) is 0 Å². The molecule has 0 spiro atoms. The van der Waals surface area contributed by atoms with Crippen molar-refractivity contribution in [1.29, 1.82) is 0 Å². The summed E-state index contributed by atoms with van der Waals surface area (Å²) in [6.07, 6.45) is 1.04. The van der Waals surface area contributed by atoms with Crippen LogP contribution < -0.4 is 4.72 Å². The van der Waals surface area contributed by atoms with Gasteiger partial charge < -0.3 is 14.5 Å². The SMILES string of the molecule is CCS(=O)(=O)Nc1cccc(C(=O)N2C(C(=O)N(C)C)C[C@@H]3OCC[C@@H]32)c1. The fraction of sp³-hybridized carbons (Fsp3) is 0.556. The van der Waals surface area contributed by atoms with Crippen LogP contribution in [-0.4, -0.2) is 74.7 Å². The van der Waals surface area contributed by atoms with E-state index in [1.54, 1.807) is 44.1 Å². The third kappa shape index (κ3) is 3.93. The molecule has 2 aliphatic heterocycles. The second-order valence-electron chi connectivity index (χ2n) is 7.05. The molecule has 2 aliphatic rings. The Bertz CT molecular complexity index is 839. The van der Waals surface area contributed by atoms with Crippen LogP contribution in [0.4, 0.5) is 5.69 Å². The Morgan fingerprint density at radius 1 is 1.33 bits per heavy atom. The van der Waals surface area contributed by atoms with Gasteiger partial charge in [0.05, 0.1) is 17.9 Å². The first-order valence-electron chi connectivity index (χ1n) is 8.99. The second kappa shape index (κ2) is 7.47. The number of carbonyl (C=O) groups excluding carboxylic acids is 2. The van der Waals surface area contributed by atoms with E-state index in [1.165, 1.54) is 11.0 Å². The highest BCUT2D eigenvalue weighted by Crippen LogP contribution is 2.35. The number of sulfonamides is 1. The number of fused-ring (bicyclic) bond motifs is 1. The molecule has 0 aromatic heterocycles. The highest BCUT2D eigenvalue weighted by molar-refractivity contribution is 7.92. The van der Waals surface area contributed by atoms with E-state index < -0.39 is 16.1 Å². The van der Waals surface area contributed by atoms with Gasteiger partial charge >= 0.3 is 0 Å². The molecule has 8 nitrogen and oxygen atoms in total. The zero-order valence-electron chi connectivity index (χ0n) is 15.7. The number of likely N-dealkylation sites (N-methyl/N-ethyl adjacent to an activating group) is 1. The van der Waals surface area contributed by atoms with Crippen molar-refractivity contribution in [1.82, 2.24) is 9.80 Å². The van der Waals surface area contributed by atoms with Crippen LogP contribution in [0.15, 0.2) is 24.3 Å². The molecule has 2 saturated heterocycles. The number of benzene rings is 1. The molecule has 0 bridgehead atoms. The molecule has 0 saturated carbocycles. The van der Waals surface area contributed by atoms with Gasteiger partial charge in [0.1, 0.15) is 6.04 Å². The first-order chi connectivity index (χ1) is 12.7. The molecule has 148 valence electrons. The molecular weight excluding hydrogens is 370 g/mol. The Hall–Kier alpha value is -2.13. The van der Waals surface area contributed by atoms with Crippen molar-refractivity contribution < 1.29 is 22.7 Å². The van der Waals surface area contributed by atoms with Crippen LogP contribution >= 0.6 is 0 Å². The predicted molar refractivity (Wildman–Crippen MR) is 101 cm³/mol. The van der Waals surface area contributed by atoms with E-state index in [4.69, 9.17) is 4.74 Å². The first kappa shape index (κ1) is 19.6. The van der Waals surface area contributed by atoms with Crippen molar-refractivity contribution >= 4 is 27.5 Å². The van der Waals surface area contributed by atoms with Crippen LogP contribution in [-0.2, 0) is 19.6 Å². The molecule has 1 unspecified atom stereocenters. The van der Waals surface area contributed by atoms with Crippen LogP contribution in [0.2, 0.25) is 0 Å². The molecule has 1 N–H and O–H groups in total. The average Bonchev–Trinajstić information content (AvgIpc) is 3.21. The molecule has 9 heteroatoms. The maximum Gasteiger partial charge on any atom is 0.254 e.